The van der Waals surface area contributed by atoms with Gasteiger partial charge < -0.3 is 19.7 Å². The van der Waals surface area contributed by atoms with Crippen molar-refractivity contribution < 1.29 is 23.9 Å². The summed E-state index contributed by atoms with van der Waals surface area (Å²) in [6.45, 7) is 7.19. The van der Waals surface area contributed by atoms with Crippen molar-refractivity contribution in [3.8, 4) is 0 Å². The van der Waals surface area contributed by atoms with Gasteiger partial charge in [0.15, 0.2) is 0 Å². The molecule has 2 saturated carbocycles. The van der Waals surface area contributed by atoms with E-state index in [0.717, 1.165) is 57.1 Å². The van der Waals surface area contributed by atoms with Gasteiger partial charge in [0, 0.05) is 37.5 Å². The van der Waals surface area contributed by atoms with E-state index in [9.17, 15) is 14.4 Å². The highest BCUT2D eigenvalue weighted by molar-refractivity contribution is 5.86. The Bertz CT molecular complexity index is 987. The van der Waals surface area contributed by atoms with Crippen LogP contribution in [0.25, 0.3) is 0 Å². The first kappa shape index (κ1) is 28.6. The van der Waals surface area contributed by atoms with Crippen molar-refractivity contribution in [2.45, 2.75) is 96.7 Å². The van der Waals surface area contributed by atoms with Crippen molar-refractivity contribution in [2.75, 3.05) is 20.8 Å². The first-order chi connectivity index (χ1) is 18.2. The van der Waals surface area contributed by atoms with E-state index >= 15 is 0 Å². The highest BCUT2D eigenvalue weighted by atomic mass is 16.5. The molecule has 210 valence electrons. The lowest BCUT2D eigenvalue weighted by Gasteiger charge is -2.37. The summed E-state index contributed by atoms with van der Waals surface area (Å²) >= 11 is 0. The van der Waals surface area contributed by atoms with Crippen LogP contribution in [0.3, 0.4) is 0 Å². The Morgan fingerprint density at radius 3 is 2.32 bits per heavy atom. The van der Waals surface area contributed by atoms with Gasteiger partial charge in [0.1, 0.15) is 6.04 Å². The van der Waals surface area contributed by atoms with Gasteiger partial charge in [-0.05, 0) is 55.4 Å². The molecule has 5 atom stereocenters. The first-order valence-corrected chi connectivity index (χ1v) is 14.5. The number of carbonyl (C=O) groups excluding carboxylic acids is 3. The number of methoxy groups -OCH3 is 2. The van der Waals surface area contributed by atoms with E-state index in [-0.39, 0.29) is 40.7 Å². The zero-order valence-corrected chi connectivity index (χ0v) is 23.8. The number of ether oxygens (including phenoxy) is 2. The minimum Gasteiger partial charge on any atom is -0.467 e. The Kier molecular flexibility index (Phi) is 8.85. The molecule has 3 unspecified atom stereocenters. The molecule has 7 nitrogen and oxygen atoms in total. The highest BCUT2D eigenvalue weighted by Gasteiger charge is 2.59. The summed E-state index contributed by atoms with van der Waals surface area (Å²) in [6, 6.07) is 8.95. The number of likely N-dealkylation sites (tertiary alicyclic amines) is 1. The second-order valence-electron chi connectivity index (χ2n) is 11.9. The van der Waals surface area contributed by atoms with Crippen LogP contribution in [0.4, 0.5) is 0 Å². The second-order valence-corrected chi connectivity index (χ2v) is 11.9. The number of amides is 2. The number of benzene rings is 1. The molecule has 0 radical (unpaired) electrons. The molecule has 2 aliphatic carbocycles. The molecular formula is C31H46N2O5. The van der Waals surface area contributed by atoms with Gasteiger partial charge in [0.05, 0.1) is 19.6 Å². The van der Waals surface area contributed by atoms with Gasteiger partial charge >= 0.3 is 5.97 Å². The van der Waals surface area contributed by atoms with Crippen LogP contribution in [0.5, 0.6) is 0 Å². The topological polar surface area (TPSA) is 84.9 Å². The first-order valence-electron chi connectivity index (χ1n) is 14.5. The standard InChI is InChI=1S/C31H46N2O5/c1-6-21(2)30(14-15-30)26(37-4)20-27(34)33-18-10-13-25(33)31(16-17-31)22(3)28(35)32-24(29(36)38-5)19-23-11-8-7-9-12-23/h7-9,11-12,21-22,24-26H,6,10,13-20H2,1-5H3,(H,32,35)/t21-,22?,24?,25?,26+/m0/s1. The van der Waals surface area contributed by atoms with E-state index in [0.29, 0.717) is 18.8 Å². The van der Waals surface area contributed by atoms with Crippen LogP contribution >= 0.6 is 0 Å². The zero-order valence-electron chi connectivity index (χ0n) is 23.8. The summed E-state index contributed by atoms with van der Waals surface area (Å²) in [7, 11) is 3.09. The molecule has 38 heavy (non-hydrogen) atoms. The summed E-state index contributed by atoms with van der Waals surface area (Å²) in [5.41, 5.74) is 0.851. The third-order valence-corrected chi connectivity index (χ3v) is 10.1. The average Bonchev–Trinajstić information content (AvgIpc) is 3.87. The van der Waals surface area contributed by atoms with E-state index in [1.54, 1.807) is 7.11 Å². The molecule has 1 aromatic rings. The Balaban J connectivity index is 1.43. The fraction of sp³-hybridized carbons (Fsp3) is 0.710. The number of hydrogen-bond donors (Lipinski definition) is 1. The lowest BCUT2D eigenvalue weighted by molar-refractivity contribution is -0.146. The monoisotopic (exact) mass is 526 g/mol. The van der Waals surface area contributed by atoms with E-state index in [1.807, 2.05) is 37.3 Å². The largest absolute Gasteiger partial charge is 0.467 e. The molecule has 3 aliphatic rings. The summed E-state index contributed by atoms with van der Waals surface area (Å²) in [5.74, 6) is -0.206. The predicted octanol–water partition coefficient (Wildman–Crippen LogP) is 4.53. The molecule has 1 aromatic carbocycles. The van der Waals surface area contributed by atoms with Gasteiger partial charge in [0.2, 0.25) is 11.8 Å². The van der Waals surface area contributed by atoms with Crippen LogP contribution in [0.1, 0.15) is 77.7 Å². The van der Waals surface area contributed by atoms with Gasteiger partial charge in [0.25, 0.3) is 0 Å². The van der Waals surface area contributed by atoms with Gasteiger partial charge in [-0.25, -0.2) is 4.79 Å². The predicted molar refractivity (Wildman–Crippen MR) is 146 cm³/mol. The van der Waals surface area contributed by atoms with Crippen LogP contribution in [0, 0.1) is 22.7 Å². The summed E-state index contributed by atoms with van der Waals surface area (Å²) in [4.78, 5) is 41.8. The molecule has 2 amide bonds. The quantitative estimate of drug-likeness (QED) is 0.382. The SMILES string of the molecule is CC[C@H](C)C1([C@@H](CC(=O)N2CCCC2C2(C(C)C(=O)NC(Cc3ccccc3)C(=O)OC)CC2)OC)CC1. The minimum absolute atomic E-state index is 0.0534. The van der Waals surface area contributed by atoms with Gasteiger partial charge in [-0.15, -0.1) is 0 Å². The molecule has 1 heterocycles. The lowest BCUT2D eigenvalue weighted by Crippen LogP contribution is -2.51. The van der Waals surface area contributed by atoms with E-state index < -0.39 is 12.0 Å². The molecule has 1 N–H and O–H groups in total. The Morgan fingerprint density at radius 1 is 1.08 bits per heavy atom. The fourth-order valence-corrected chi connectivity index (χ4v) is 7.09. The maximum Gasteiger partial charge on any atom is 0.328 e. The van der Waals surface area contributed by atoms with Crippen LogP contribution in [-0.4, -0.2) is 61.6 Å². The third kappa shape index (κ3) is 5.63. The molecule has 7 heteroatoms. The molecular weight excluding hydrogens is 480 g/mol. The van der Waals surface area contributed by atoms with Crippen molar-refractivity contribution in [2.24, 2.45) is 22.7 Å². The smallest absolute Gasteiger partial charge is 0.328 e. The normalized spacial score (nSPS) is 24.1. The van der Waals surface area contributed by atoms with E-state index in [2.05, 4.69) is 24.1 Å². The number of rotatable bonds is 13. The fourth-order valence-electron chi connectivity index (χ4n) is 7.09. The van der Waals surface area contributed by atoms with Gasteiger partial charge in [-0.3, -0.25) is 9.59 Å². The van der Waals surface area contributed by atoms with E-state index in [1.165, 1.54) is 7.11 Å². The molecule has 1 saturated heterocycles. The van der Waals surface area contributed by atoms with Crippen molar-refractivity contribution in [1.29, 1.82) is 0 Å². The molecule has 1 aliphatic heterocycles. The summed E-state index contributed by atoms with van der Waals surface area (Å²) < 4.78 is 10.9. The van der Waals surface area contributed by atoms with Crippen molar-refractivity contribution in [1.82, 2.24) is 10.2 Å². The summed E-state index contributed by atoms with van der Waals surface area (Å²) in [5, 5.41) is 2.98. The maximum absolute atomic E-state index is 13.7. The van der Waals surface area contributed by atoms with Crippen molar-refractivity contribution >= 4 is 17.8 Å². The average molecular weight is 527 g/mol. The Labute approximate surface area is 228 Å². The zero-order chi connectivity index (χ0) is 27.5. The van der Waals surface area contributed by atoms with E-state index in [4.69, 9.17) is 9.47 Å². The molecule has 3 fully saturated rings. The molecule has 0 spiro atoms. The molecule has 0 aromatic heterocycles. The van der Waals surface area contributed by atoms with Gasteiger partial charge in [-0.2, -0.15) is 0 Å². The van der Waals surface area contributed by atoms with Crippen LogP contribution in [-0.2, 0) is 30.3 Å². The Hall–Kier alpha value is -2.41. The van der Waals surface area contributed by atoms with Gasteiger partial charge in [-0.1, -0.05) is 57.5 Å². The number of nitrogens with one attached hydrogen (secondary N) is 1. The lowest BCUT2D eigenvalue weighted by atomic mass is 9.80. The minimum atomic E-state index is -0.743. The molecule has 4 rings (SSSR count). The second kappa shape index (κ2) is 11.8. The third-order valence-electron chi connectivity index (χ3n) is 10.1. The summed E-state index contributed by atoms with van der Waals surface area (Å²) in [6.07, 6.45) is 7.80. The molecule has 0 bridgehead atoms. The van der Waals surface area contributed by atoms with Crippen molar-refractivity contribution in [3.63, 3.8) is 0 Å². The number of esters is 1. The highest BCUT2D eigenvalue weighted by Crippen LogP contribution is 2.60. The maximum atomic E-state index is 13.7. The Morgan fingerprint density at radius 2 is 1.76 bits per heavy atom. The number of hydrogen-bond acceptors (Lipinski definition) is 5. The van der Waals surface area contributed by atoms with Crippen LogP contribution in [0.15, 0.2) is 30.3 Å². The number of carbonyl (C=O) groups is 3. The van der Waals surface area contributed by atoms with Crippen LogP contribution in [0.2, 0.25) is 0 Å². The number of nitrogens with zero attached hydrogens (tertiary/aromatic N) is 1. The van der Waals surface area contributed by atoms with Crippen LogP contribution < -0.4 is 5.32 Å². The van der Waals surface area contributed by atoms with Crippen molar-refractivity contribution in [3.05, 3.63) is 35.9 Å².